The zero-order valence-electron chi connectivity index (χ0n) is 11.4. The Morgan fingerprint density at radius 2 is 1.62 bits per heavy atom. The fraction of sp³-hybridized carbons (Fsp3) is 1.00. The Morgan fingerprint density at radius 1 is 1.00 bits per heavy atom. The zero-order valence-corrected chi connectivity index (χ0v) is 11.4. The summed E-state index contributed by atoms with van der Waals surface area (Å²) in [6, 6.07) is 0. The van der Waals surface area contributed by atoms with E-state index in [2.05, 4.69) is 20.8 Å². The van der Waals surface area contributed by atoms with Crippen molar-refractivity contribution in [3.63, 3.8) is 0 Å². The first-order valence-electron chi connectivity index (χ1n) is 6.92. The summed E-state index contributed by atoms with van der Waals surface area (Å²) < 4.78 is 5.45. The van der Waals surface area contributed by atoms with E-state index in [1.165, 1.54) is 32.1 Å². The van der Waals surface area contributed by atoms with Crippen LogP contribution in [0.5, 0.6) is 0 Å². The van der Waals surface area contributed by atoms with Crippen LogP contribution < -0.4 is 0 Å². The number of hydrogen-bond acceptors (Lipinski definition) is 2. The van der Waals surface area contributed by atoms with Crippen molar-refractivity contribution in [3.8, 4) is 0 Å². The second kappa shape index (κ2) is 11.4. The van der Waals surface area contributed by atoms with Crippen LogP contribution in [-0.4, -0.2) is 24.4 Å². The Morgan fingerprint density at radius 3 is 2.25 bits per heavy atom. The molecule has 0 aliphatic carbocycles. The van der Waals surface area contributed by atoms with Gasteiger partial charge in [-0.2, -0.15) is 0 Å². The molecule has 1 N–H and O–H groups in total. The minimum atomic E-state index is -0.278. The van der Waals surface area contributed by atoms with Crippen LogP contribution in [0, 0.1) is 5.92 Å². The summed E-state index contributed by atoms with van der Waals surface area (Å²) in [7, 11) is 0. The van der Waals surface area contributed by atoms with Crippen LogP contribution in [0.1, 0.15) is 65.7 Å². The van der Waals surface area contributed by atoms with Gasteiger partial charge in [0.2, 0.25) is 0 Å². The Labute approximate surface area is 101 Å². The van der Waals surface area contributed by atoms with Crippen molar-refractivity contribution in [2.24, 2.45) is 5.92 Å². The molecule has 0 saturated carbocycles. The van der Waals surface area contributed by atoms with E-state index in [0.29, 0.717) is 12.5 Å². The molecule has 1 unspecified atom stereocenters. The molecule has 0 heterocycles. The van der Waals surface area contributed by atoms with E-state index < -0.39 is 0 Å². The SMILES string of the molecule is CCCCCCCCOCC(O)CC(C)C. The van der Waals surface area contributed by atoms with E-state index in [4.69, 9.17) is 4.74 Å². The fourth-order valence-electron chi connectivity index (χ4n) is 1.82. The van der Waals surface area contributed by atoms with Crippen LogP contribution in [0.4, 0.5) is 0 Å². The molecule has 0 fully saturated rings. The largest absolute Gasteiger partial charge is 0.391 e. The van der Waals surface area contributed by atoms with Gasteiger partial charge in [0.15, 0.2) is 0 Å². The topological polar surface area (TPSA) is 29.5 Å². The maximum absolute atomic E-state index is 9.57. The van der Waals surface area contributed by atoms with Crippen LogP contribution in [-0.2, 0) is 4.74 Å². The van der Waals surface area contributed by atoms with Gasteiger partial charge in [0, 0.05) is 6.61 Å². The number of rotatable bonds is 11. The molecule has 0 radical (unpaired) electrons. The summed E-state index contributed by atoms with van der Waals surface area (Å²) in [5, 5.41) is 9.57. The highest BCUT2D eigenvalue weighted by molar-refractivity contribution is 4.56. The second-order valence-electron chi connectivity index (χ2n) is 5.13. The van der Waals surface area contributed by atoms with Crippen molar-refractivity contribution in [1.29, 1.82) is 0 Å². The maximum atomic E-state index is 9.57. The number of aliphatic hydroxyl groups is 1. The first-order valence-corrected chi connectivity index (χ1v) is 6.92. The molecule has 0 aliphatic rings. The molecule has 0 spiro atoms. The number of ether oxygens (including phenoxy) is 1. The molecule has 1 atom stereocenters. The summed E-state index contributed by atoms with van der Waals surface area (Å²) in [6.07, 6.45) is 8.30. The van der Waals surface area contributed by atoms with E-state index in [9.17, 15) is 5.11 Å². The van der Waals surface area contributed by atoms with Crippen LogP contribution in [0.2, 0.25) is 0 Å². The molecule has 98 valence electrons. The molecule has 0 aliphatic heterocycles. The van der Waals surface area contributed by atoms with Gasteiger partial charge in [0.05, 0.1) is 12.7 Å². The van der Waals surface area contributed by atoms with Crippen LogP contribution in [0.25, 0.3) is 0 Å². The van der Waals surface area contributed by atoms with Gasteiger partial charge in [-0.1, -0.05) is 52.9 Å². The molecule has 0 aromatic heterocycles. The molecule has 16 heavy (non-hydrogen) atoms. The predicted octanol–water partition coefficient (Wildman–Crippen LogP) is 3.77. The minimum absolute atomic E-state index is 0.278. The highest BCUT2D eigenvalue weighted by Crippen LogP contribution is 2.07. The highest BCUT2D eigenvalue weighted by Gasteiger charge is 2.06. The van der Waals surface area contributed by atoms with Gasteiger partial charge in [-0.15, -0.1) is 0 Å². The minimum Gasteiger partial charge on any atom is -0.391 e. The normalized spacial score (nSPS) is 13.3. The first-order chi connectivity index (χ1) is 7.66. The molecular weight excluding hydrogens is 200 g/mol. The van der Waals surface area contributed by atoms with Crippen molar-refractivity contribution in [2.75, 3.05) is 13.2 Å². The van der Waals surface area contributed by atoms with Gasteiger partial charge in [-0.05, 0) is 18.8 Å². The average Bonchev–Trinajstić information content (AvgIpc) is 2.21. The Hall–Kier alpha value is -0.0800. The quantitative estimate of drug-likeness (QED) is 0.547. The van der Waals surface area contributed by atoms with Crippen molar-refractivity contribution in [1.82, 2.24) is 0 Å². The monoisotopic (exact) mass is 230 g/mol. The van der Waals surface area contributed by atoms with Crippen LogP contribution in [0.15, 0.2) is 0 Å². The van der Waals surface area contributed by atoms with E-state index in [0.717, 1.165) is 19.4 Å². The molecule has 0 aromatic rings. The average molecular weight is 230 g/mol. The fourth-order valence-corrected chi connectivity index (χ4v) is 1.82. The van der Waals surface area contributed by atoms with E-state index in [1.54, 1.807) is 0 Å². The van der Waals surface area contributed by atoms with Crippen molar-refractivity contribution < 1.29 is 9.84 Å². The third-order valence-corrected chi connectivity index (χ3v) is 2.70. The summed E-state index contributed by atoms with van der Waals surface area (Å²) in [6.45, 7) is 7.79. The Bertz CT molecular complexity index is 135. The van der Waals surface area contributed by atoms with Gasteiger partial charge in [0.25, 0.3) is 0 Å². The van der Waals surface area contributed by atoms with E-state index in [1.807, 2.05) is 0 Å². The third kappa shape index (κ3) is 12.0. The number of hydrogen-bond donors (Lipinski definition) is 1. The van der Waals surface area contributed by atoms with Gasteiger partial charge in [-0.3, -0.25) is 0 Å². The lowest BCUT2D eigenvalue weighted by atomic mass is 10.1. The predicted molar refractivity (Wildman–Crippen MR) is 69.7 cm³/mol. The van der Waals surface area contributed by atoms with Gasteiger partial charge < -0.3 is 9.84 Å². The zero-order chi connectivity index (χ0) is 12.2. The molecule has 0 aromatic carbocycles. The van der Waals surface area contributed by atoms with Crippen molar-refractivity contribution >= 4 is 0 Å². The smallest absolute Gasteiger partial charge is 0.0776 e. The molecule has 2 heteroatoms. The molecular formula is C14H30O2. The lowest BCUT2D eigenvalue weighted by Gasteiger charge is -2.13. The highest BCUT2D eigenvalue weighted by atomic mass is 16.5. The summed E-state index contributed by atoms with van der Waals surface area (Å²) >= 11 is 0. The van der Waals surface area contributed by atoms with Crippen molar-refractivity contribution in [2.45, 2.75) is 71.8 Å². The Balaban J connectivity index is 3.08. The lowest BCUT2D eigenvalue weighted by Crippen LogP contribution is -2.17. The standard InChI is InChI=1S/C14H30O2/c1-4-5-6-7-8-9-10-16-12-14(15)11-13(2)3/h13-15H,4-12H2,1-3H3. The van der Waals surface area contributed by atoms with Gasteiger partial charge in [-0.25, -0.2) is 0 Å². The second-order valence-corrected chi connectivity index (χ2v) is 5.13. The summed E-state index contributed by atoms with van der Waals surface area (Å²) in [5.74, 6) is 0.549. The molecule has 2 nitrogen and oxygen atoms in total. The van der Waals surface area contributed by atoms with Gasteiger partial charge in [0.1, 0.15) is 0 Å². The first kappa shape index (κ1) is 15.9. The lowest BCUT2D eigenvalue weighted by molar-refractivity contribution is 0.0250. The molecule has 0 amide bonds. The molecule has 0 bridgehead atoms. The Kier molecular flexibility index (Phi) is 11.3. The van der Waals surface area contributed by atoms with Crippen LogP contribution in [0.3, 0.4) is 0 Å². The maximum Gasteiger partial charge on any atom is 0.0776 e. The van der Waals surface area contributed by atoms with Crippen molar-refractivity contribution in [3.05, 3.63) is 0 Å². The number of unbranched alkanes of at least 4 members (excludes halogenated alkanes) is 5. The summed E-state index contributed by atoms with van der Waals surface area (Å²) in [4.78, 5) is 0. The third-order valence-electron chi connectivity index (χ3n) is 2.70. The van der Waals surface area contributed by atoms with E-state index >= 15 is 0 Å². The molecule has 0 saturated heterocycles. The van der Waals surface area contributed by atoms with Crippen LogP contribution >= 0.6 is 0 Å². The molecule has 0 rings (SSSR count). The number of aliphatic hydroxyl groups excluding tert-OH is 1. The summed E-state index contributed by atoms with van der Waals surface area (Å²) in [5.41, 5.74) is 0. The van der Waals surface area contributed by atoms with Gasteiger partial charge >= 0.3 is 0 Å². The van der Waals surface area contributed by atoms with E-state index in [-0.39, 0.29) is 6.10 Å².